The van der Waals surface area contributed by atoms with Gasteiger partial charge in [-0.2, -0.15) is 0 Å². The predicted octanol–water partition coefficient (Wildman–Crippen LogP) is 2.26. The molecule has 4 heterocycles. The second kappa shape index (κ2) is 13.9. The van der Waals surface area contributed by atoms with E-state index in [1.165, 1.54) is 43.6 Å². The average molecular weight is 792 g/mol. The number of pyridine rings is 2. The van der Waals surface area contributed by atoms with Gasteiger partial charge in [-0.05, 0) is 67.1 Å². The summed E-state index contributed by atoms with van der Waals surface area (Å²) in [6, 6.07) is 18.9. The Kier molecular flexibility index (Phi) is 9.73. The number of amides is 1. The zero-order valence-corrected chi connectivity index (χ0v) is 30.0. The summed E-state index contributed by atoms with van der Waals surface area (Å²) in [6.45, 7) is 0.879. The lowest BCUT2D eigenvalue weighted by Gasteiger charge is -2.30. The fraction of sp³-hybridized carbons (Fsp3) is 0.270. The van der Waals surface area contributed by atoms with Crippen LogP contribution in [0.5, 0.6) is 0 Å². The van der Waals surface area contributed by atoms with Crippen molar-refractivity contribution in [2.24, 2.45) is 0 Å². The SMILES string of the molecule is C[N+](C)(C)Cc1ccc(-c2cccc(-n3c(=O)n([C@H]4CC[C@@H](NC(=O)c5cn6cc(F)ccc6n5)CC4)c(=O)c4cc(F)cnc43)c2)cc1.[I-]. The maximum absolute atomic E-state index is 14.5. The van der Waals surface area contributed by atoms with Gasteiger partial charge in [0.15, 0.2) is 5.65 Å². The van der Waals surface area contributed by atoms with Crippen molar-refractivity contribution >= 4 is 22.6 Å². The number of imidazole rings is 1. The fourth-order valence-electron chi connectivity index (χ4n) is 6.72. The van der Waals surface area contributed by atoms with Gasteiger partial charge in [-0.15, -0.1) is 0 Å². The highest BCUT2D eigenvalue weighted by molar-refractivity contribution is 5.93. The van der Waals surface area contributed by atoms with E-state index in [0.29, 0.717) is 37.0 Å². The molecule has 50 heavy (non-hydrogen) atoms. The van der Waals surface area contributed by atoms with Gasteiger partial charge in [0, 0.05) is 30.0 Å². The zero-order valence-electron chi connectivity index (χ0n) is 27.8. The molecule has 7 rings (SSSR count). The summed E-state index contributed by atoms with van der Waals surface area (Å²) in [5, 5.41) is 2.99. The first-order valence-corrected chi connectivity index (χ1v) is 16.2. The molecule has 1 aliphatic carbocycles. The van der Waals surface area contributed by atoms with Crippen LogP contribution < -0.4 is 40.5 Å². The van der Waals surface area contributed by atoms with Crippen molar-refractivity contribution in [3.05, 3.63) is 129 Å². The van der Waals surface area contributed by atoms with Crippen molar-refractivity contribution in [2.45, 2.75) is 44.3 Å². The molecule has 10 nitrogen and oxygen atoms in total. The Morgan fingerprint density at radius 1 is 0.900 bits per heavy atom. The molecule has 0 bridgehead atoms. The third kappa shape index (κ3) is 7.10. The second-order valence-corrected chi connectivity index (χ2v) is 13.7. The number of rotatable bonds is 7. The largest absolute Gasteiger partial charge is 1.00 e. The Balaban J connectivity index is 0.00000432. The van der Waals surface area contributed by atoms with E-state index >= 15 is 0 Å². The number of benzene rings is 2. The van der Waals surface area contributed by atoms with E-state index in [0.717, 1.165) is 34.4 Å². The number of fused-ring (bicyclic) bond motifs is 2. The number of nitrogens with zero attached hydrogens (tertiary/aromatic N) is 6. The summed E-state index contributed by atoms with van der Waals surface area (Å²) >= 11 is 0. The number of halogens is 3. The van der Waals surface area contributed by atoms with Gasteiger partial charge in [-0.3, -0.25) is 14.2 Å². The van der Waals surface area contributed by atoms with Gasteiger partial charge in [-0.25, -0.2) is 28.1 Å². The van der Waals surface area contributed by atoms with Gasteiger partial charge >= 0.3 is 5.69 Å². The van der Waals surface area contributed by atoms with Crippen LogP contribution in [0.4, 0.5) is 8.78 Å². The summed E-state index contributed by atoms with van der Waals surface area (Å²) in [5.74, 6) is -1.50. The Bertz CT molecular complexity index is 2340. The quantitative estimate of drug-likeness (QED) is 0.198. The third-order valence-corrected chi connectivity index (χ3v) is 8.98. The van der Waals surface area contributed by atoms with Gasteiger partial charge in [0.25, 0.3) is 11.5 Å². The number of carbonyl (C=O) groups excluding carboxylic acids is 1. The molecule has 0 saturated heterocycles. The predicted molar refractivity (Wildman–Crippen MR) is 183 cm³/mol. The summed E-state index contributed by atoms with van der Waals surface area (Å²) in [7, 11) is 6.41. The summed E-state index contributed by atoms with van der Waals surface area (Å²) in [4.78, 5) is 49.5. The van der Waals surface area contributed by atoms with Crippen LogP contribution in [0.1, 0.15) is 47.8 Å². The van der Waals surface area contributed by atoms with Crippen LogP contribution in [-0.4, -0.2) is 61.1 Å². The molecule has 1 N–H and O–H groups in total. The van der Waals surface area contributed by atoms with E-state index in [2.05, 4.69) is 48.6 Å². The first-order chi connectivity index (χ1) is 23.4. The van der Waals surface area contributed by atoms with Crippen LogP contribution in [0.15, 0.2) is 94.9 Å². The minimum Gasteiger partial charge on any atom is -1.00 e. The molecule has 1 fully saturated rings. The average Bonchev–Trinajstić information content (AvgIpc) is 3.49. The molecule has 0 aliphatic heterocycles. The number of hydrogen-bond donors (Lipinski definition) is 1. The minimum absolute atomic E-state index is 0. The van der Waals surface area contributed by atoms with Crippen molar-refractivity contribution in [3.63, 3.8) is 0 Å². The maximum atomic E-state index is 14.5. The standard InChI is InChI=1S/C37H35F2N7O3.HI/c1-46(2,3)22-23-7-9-24(10-8-23)25-5-4-6-30(17-25)44-34-31(18-27(39)19-40-34)36(48)45(37(44)49)29-14-12-28(13-15-29)41-35(47)32-21-43-20-26(38)11-16-33(43)42-32;/h4-11,16-21,28-29H,12-15,22H2,1-3H3;1H/t28-,29+;. The number of aromatic nitrogens is 5. The van der Waals surface area contributed by atoms with Crippen molar-refractivity contribution in [2.75, 3.05) is 21.1 Å². The van der Waals surface area contributed by atoms with Crippen LogP contribution in [0, 0.1) is 11.6 Å². The smallest absolute Gasteiger partial charge is 0.337 e. The highest BCUT2D eigenvalue weighted by Crippen LogP contribution is 2.29. The maximum Gasteiger partial charge on any atom is 0.337 e. The molecule has 0 radical (unpaired) electrons. The molecule has 1 aliphatic rings. The molecular formula is C37H36F2IN7O3. The van der Waals surface area contributed by atoms with E-state index in [4.69, 9.17) is 0 Å². The Labute approximate surface area is 303 Å². The fourth-order valence-corrected chi connectivity index (χ4v) is 6.72. The van der Waals surface area contributed by atoms with Crippen molar-refractivity contribution in [1.82, 2.24) is 28.8 Å². The van der Waals surface area contributed by atoms with Crippen LogP contribution in [0.2, 0.25) is 0 Å². The molecule has 1 saturated carbocycles. The van der Waals surface area contributed by atoms with Gasteiger partial charge in [0.2, 0.25) is 0 Å². The van der Waals surface area contributed by atoms with Gasteiger partial charge in [-0.1, -0.05) is 36.4 Å². The Morgan fingerprint density at radius 2 is 1.64 bits per heavy atom. The van der Waals surface area contributed by atoms with Crippen molar-refractivity contribution in [1.29, 1.82) is 0 Å². The highest BCUT2D eigenvalue weighted by Gasteiger charge is 2.28. The van der Waals surface area contributed by atoms with Crippen molar-refractivity contribution in [3.8, 4) is 16.8 Å². The molecule has 0 unspecified atom stereocenters. The van der Waals surface area contributed by atoms with Crippen molar-refractivity contribution < 1.29 is 42.0 Å². The third-order valence-electron chi connectivity index (χ3n) is 8.98. The number of hydrogen-bond acceptors (Lipinski definition) is 5. The monoisotopic (exact) mass is 791 g/mol. The van der Waals surface area contributed by atoms with Crippen LogP contribution in [0.3, 0.4) is 0 Å². The Hall–Kier alpha value is -4.76. The molecule has 6 aromatic rings. The summed E-state index contributed by atoms with van der Waals surface area (Å²) in [6.07, 6.45) is 5.61. The number of nitrogens with one attached hydrogen (secondary N) is 1. The molecule has 258 valence electrons. The van der Waals surface area contributed by atoms with Crippen LogP contribution in [-0.2, 0) is 6.54 Å². The molecular weight excluding hydrogens is 755 g/mol. The lowest BCUT2D eigenvalue weighted by atomic mass is 9.90. The van der Waals surface area contributed by atoms with Gasteiger partial charge < -0.3 is 38.2 Å². The first-order valence-electron chi connectivity index (χ1n) is 16.2. The second-order valence-electron chi connectivity index (χ2n) is 13.7. The van der Waals surface area contributed by atoms with E-state index in [-0.39, 0.29) is 52.7 Å². The molecule has 13 heteroatoms. The van der Waals surface area contributed by atoms with E-state index in [1.807, 2.05) is 30.3 Å². The molecule has 1 amide bonds. The number of carbonyl (C=O) groups is 1. The molecule has 0 atom stereocenters. The zero-order chi connectivity index (χ0) is 34.4. The summed E-state index contributed by atoms with van der Waals surface area (Å²) in [5.41, 5.74) is 3.09. The van der Waals surface area contributed by atoms with Crippen LogP contribution >= 0.6 is 0 Å². The topological polar surface area (TPSA) is 103 Å². The highest BCUT2D eigenvalue weighted by atomic mass is 127. The molecule has 4 aromatic heterocycles. The summed E-state index contributed by atoms with van der Waals surface area (Å²) < 4.78 is 32.9. The van der Waals surface area contributed by atoms with E-state index < -0.39 is 28.9 Å². The lowest BCUT2D eigenvalue weighted by molar-refractivity contribution is -0.884. The minimum atomic E-state index is -0.676. The lowest BCUT2D eigenvalue weighted by Crippen LogP contribution is -3.00. The molecule has 2 aromatic carbocycles. The van der Waals surface area contributed by atoms with Crippen LogP contribution in [0.25, 0.3) is 33.5 Å². The van der Waals surface area contributed by atoms with Gasteiger partial charge in [0.05, 0.1) is 38.4 Å². The first kappa shape index (κ1) is 35.1. The van der Waals surface area contributed by atoms with Gasteiger partial charge in [0.1, 0.15) is 29.5 Å². The normalized spacial score (nSPS) is 16.3. The van der Waals surface area contributed by atoms with E-state index in [1.54, 1.807) is 6.07 Å². The number of quaternary nitrogens is 1. The Morgan fingerprint density at radius 3 is 2.36 bits per heavy atom. The molecule has 0 spiro atoms. The van der Waals surface area contributed by atoms with E-state index in [9.17, 15) is 23.2 Å².